The first kappa shape index (κ1) is 19.1. The highest BCUT2D eigenvalue weighted by atomic mass is 35.5. The van der Waals surface area contributed by atoms with Crippen LogP contribution in [0.3, 0.4) is 0 Å². The molecule has 3 rings (SSSR count). The number of halogens is 2. The summed E-state index contributed by atoms with van der Waals surface area (Å²) < 4.78 is 5.95. The van der Waals surface area contributed by atoms with Crippen LogP contribution in [0.1, 0.15) is 12.5 Å². The lowest BCUT2D eigenvalue weighted by Gasteiger charge is -2.14. The van der Waals surface area contributed by atoms with E-state index in [1.54, 1.807) is 18.2 Å². The molecule has 0 aliphatic rings. The van der Waals surface area contributed by atoms with Crippen LogP contribution >= 0.6 is 23.2 Å². The fourth-order valence-corrected chi connectivity index (χ4v) is 2.93. The molecule has 0 atom stereocenters. The third-order valence-corrected chi connectivity index (χ3v) is 4.29. The summed E-state index contributed by atoms with van der Waals surface area (Å²) in [5.41, 5.74) is 2.69. The van der Waals surface area contributed by atoms with Crippen LogP contribution in [0, 0.1) is 0 Å². The molecule has 4 nitrogen and oxygen atoms in total. The molecule has 2 N–H and O–H groups in total. The average molecular weight is 401 g/mol. The van der Waals surface area contributed by atoms with Gasteiger partial charge in [-0.15, -0.1) is 0 Å². The fraction of sp³-hybridized carbons (Fsp3) is 0.0952. The van der Waals surface area contributed by atoms with E-state index in [0.717, 1.165) is 16.9 Å². The fourth-order valence-electron chi connectivity index (χ4n) is 2.48. The van der Waals surface area contributed by atoms with Gasteiger partial charge < -0.3 is 15.4 Å². The van der Waals surface area contributed by atoms with E-state index in [9.17, 15) is 4.79 Å². The number of hydrogen-bond acceptors (Lipinski definition) is 3. The Morgan fingerprint density at radius 2 is 1.70 bits per heavy atom. The SMILES string of the molecule is CC(=O)Nc1ccc(CNc2ccccc2Oc2ccc(Cl)cc2Cl)cc1. The predicted molar refractivity (Wildman–Crippen MR) is 111 cm³/mol. The highest BCUT2D eigenvalue weighted by Gasteiger charge is 2.08. The highest BCUT2D eigenvalue weighted by Crippen LogP contribution is 2.35. The van der Waals surface area contributed by atoms with Crippen LogP contribution in [0.5, 0.6) is 11.5 Å². The van der Waals surface area contributed by atoms with Crippen molar-refractivity contribution in [2.45, 2.75) is 13.5 Å². The summed E-state index contributed by atoms with van der Waals surface area (Å²) in [6, 6.07) is 20.4. The van der Waals surface area contributed by atoms with Gasteiger partial charge in [0.15, 0.2) is 5.75 Å². The minimum absolute atomic E-state index is 0.0900. The van der Waals surface area contributed by atoms with Gasteiger partial charge in [-0.3, -0.25) is 4.79 Å². The van der Waals surface area contributed by atoms with Crippen LogP contribution in [-0.4, -0.2) is 5.91 Å². The van der Waals surface area contributed by atoms with Gasteiger partial charge in [-0.1, -0.05) is 47.5 Å². The maximum atomic E-state index is 11.1. The molecule has 0 spiro atoms. The van der Waals surface area contributed by atoms with E-state index < -0.39 is 0 Å². The summed E-state index contributed by atoms with van der Waals surface area (Å²) >= 11 is 12.1. The smallest absolute Gasteiger partial charge is 0.221 e. The number of rotatable bonds is 6. The number of carbonyl (C=O) groups excluding carboxylic acids is 1. The highest BCUT2D eigenvalue weighted by molar-refractivity contribution is 6.35. The van der Waals surface area contributed by atoms with E-state index in [1.807, 2.05) is 48.5 Å². The number of carbonyl (C=O) groups is 1. The number of benzene rings is 3. The quantitative estimate of drug-likeness (QED) is 0.506. The van der Waals surface area contributed by atoms with Gasteiger partial charge >= 0.3 is 0 Å². The Morgan fingerprint density at radius 1 is 0.963 bits per heavy atom. The molecule has 0 heterocycles. The molecule has 1 amide bonds. The van der Waals surface area contributed by atoms with Crippen LogP contribution in [0.4, 0.5) is 11.4 Å². The second kappa shape index (κ2) is 8.80. The van der Waals surface area contributed by atoms with Gasteiger partial charge in [0.1, 0.15) is 5.75 Å². The van der Waals surface area contributed by atoms with Crippen molar-refractivity contribution in [3.05, 3.63) is 82.3 Å². The summed E-state index contributed by atoms with van der Waals surface area (Å²) in [7, 11) is 0. The van der Waals surface area contributed by atoms with E-state index in [4.69, 9.17) is 27.9 Å². The number of anilines is 2. The van der Waals surface area contributed by atoms with Gasteiger partial charge in [-0.2, -0.15) is 0 Å². The molecular formula is C21H18Cl2N2O2. The van der Waals surface area contributed by atoms with Crippen molar-refractivity contribution < 1.29 is 9.53 Å². The maximum Gasteiger partial charge on any atom is 0.221 e. The van der Waals surface area contributed by atoms with E-state index in [2.05, 4.69) is 10.6 Å². The molecule has 6 heteroatoms. The third-order valence-electron chi connectivity index (χ3n) is 3.76. The molecular weight excluding hydrogens is 383 g/mol. The van der Waals surface area contributed by atoms with Crippen molar-refractivity contribution in [1.29, 1.82) is 0 Å². The molecule has 0 aromatic heterocycles. The molecule has 3 aromatic carbocycles. The minimum atomic E-state index is -0.0900. The second-order valence-electron chi connectivity index (χ2n) is 5.90. The summed E-state index contributed by atoms with van der Waals surface area (Å²) in [6.07, 6.45) is 0. The van der Waals surface area contributed by atoms with Gasteiger partial charge in [0, 0.05) is 24.2 Å². The first-order chi connectivity index (χ1) is 13.0. The zero-order valence-electron chi connectivity index (χ0n) is 14.6. The summed E-state index contributed by atoms with van der Waals surface area (Å²) in [6.45, 7) is 2.09. The third kappa shape index (κ3) is 5.39. The summed E-state index contributed by atoms with van der Waals surface area (Å²) in [5, 5.41) is 7.12. The first-order valence-electron chi connectivity index (χ1n) is 8.33. The Kier molecular flexibility index (Phi) is 6.22. The van der Waals surface area contributed by atoms with Crippen LogP contribution in [0.25, 0.3) is 0 Å². The zero-order chi connectivity index (χ0) is 19.2. The topological polar surface area (TPSA) is 50.4 Å². The Balaban J connectivity index is 1.70. The second-order valence-corrected chi connectivity index (χ2v) is 6.75. The molecule has 0 bridgehead atoms. The van der Waals surface area contributed by atoms with Crippen molar-refractivity contribution in [3.8, 4) is 11.5 Å². The summed E-state index contributed by atoms with van der Waals surface area (Å²) in [4.78, 5) is 11.1. The number of hydrogen-bond donors (Lipinski definition) is 2. The molecule has 0 saturated carbocycles. The Hall–Kier alpha value is -2.69. The lowest BCUT2D eigenvalue weighted by molar-refractivity contribution is -0.114. The van der Waals surface area contributed by atoms with Crippen molar-refractivity contribution in [3.63, 3.8) is 0 Å². The largest absolute Gasteiger partial charge is 0.454 e. The van der Waals surface area contributed by atoms with Crippen LogP contribution in [0.15, 0.2) is 66.7 Å². The van der Waals surface area contributed by atoms with Gasteiger partial charge in [0.2, 0.25) is 5.91 Å². The monoisotopic (exact) mass is 400 g/mol. The van der Waals surface area contributed by atoms with Crippen molar-refractivity contribution >= 4 is 40.5 Å². The Bertz CT molecular complexity index is 943. The van der Waals surface area contributed by atoms with Crippen LogP contribution in [-0.2, 0) is 11.3 Å². The Morgan fingerprint density at radius 3 is 2.41 bits per heavy atom. The van der Waals surface area contributed by atoms with E-state index >= 15 is 0 Å². The predicted octanol–water partition coefficient (Wildman–Crippen LogP) is 6.36. The molecule has 0 saturated heterocycles. The van der Waals surface area contributed by atoms with E-state index in [0.29, 0.717) is 28.1 Å². The first-order valence-corrected chi connectivity index (χ1v) is 9.09. The average Bonchev–Trinajstić information content (AvgIpc) is 2.64. The number of amides is 1. The number of ether oxygens (including phenoxy) is 1. The standard InChI is InChI=1S/C21H18Cl2N2O2/c1-14(26)25-17-9-6-15(7-10-17)13-24-19-4-2-3-5-21(19)27-20-11-8-16(22)12-18(20)23/h2-12,24H,13H2,1H3,(H,25,26). The molecule has 0 aliphatic carbocycles. The van der Waals surface area contributed by atoms with Crippen molar-refractivity contribution in [2.75, 3.05) is 10.6 Å². The van der Waals surface area contributed by atoms with Crippen molar-refractivity contribution in [2.24, 2.45) is 0 Å². The van der Waals surface area contributed by atoms with Gasteiger partial charge in [0.25, 0.3) is 0 Å². The minimum Gasteiger partial charge on any atom is -0.454 e. The lowest BCUT2D eigenvalue weighted by atomic mass is 10.2. The zero-order valence-corrected chi connectivity index (χ0v) is 16.1. The van der Waals surface area contributed by atoms with Gasteiger partial charge in [-0.25, -0.2) is 0 Å². The molecule has 0 radical (unpaired) electrons. The molecule has 0 aliphatic heterocycles. The van der Waals surface area contributed by atoms with Crippen LogP contribution < -0.4 is 15.4 Å². The maximum absolute atomic E-state index is 11.1. The molecule has 27 heavy (non-hydrogen) atoms. The normalized spacial score (nSPS) is 10.3. The lowest BCUT2D eigenvalue weighted by Crippen LogP contribution is -2.06. The summed E-state index contributed by atoms with van der Waals surface area (Å²) in [5.74, 6) is 1.11. The molecule has 0 unspecified atom stereocenters. The number of para-hydroxylation sites is 2. The van der Waals surface area contributed by atoms with Gasteiger partial charge in [0.05, 0.1) is 10.7 Å². The number of nitrogens with one attached hydrogen (secondary N) is 2. The van der Waals surface area contributed by atoms with Gasteiger partial charge in [-0.05, 0) is 48.0 Å². The van der Waals surface area contributed by atoms with Crippen molar-refractivity contribution in [1.82, 2.24) is 0 Å². The Labute approximate surface area is 168 Å². The molecule has 0 fully saturated rings. The van der Waals surface area contributed by atoms with Crippen LogP contribution in [0.2, 0.25) is 10.0 Å². The molecule has 3 aromatic rings. The molecule has 138 valence electrons. The van der Waals surface area contributed by atoms with E-state index in [-0.39, 0.29) is 5.91 Å². The van der Waals surface area contributed by atoms with E-state index in [1.165, 1.54) is 6.92 Å².